The minimum absolute atomic E-state index is 0. The van der Waals surface area contributed by atoms with Gasteiger partial charge in [-0.1, -0.05) is 52.4 Å². The molecule has 0 aromatic rings. The van der Waals surface area contributed by atoms with E-state index in [9.17, 15) is 4.21 Å². The molecule has 0 saturated heterocycles. The predicted molar refractivity (Wildman–Crippen MR) is 73.4 cm³/mol. The van der Waals surface area contributed by atoms with Crippen LogP contribution in [-0.4, -0.2) is 15.7 Å². The summed E-state index contributed by atoms with van der Waals surface area (Å²) in [4.78, 5) is 0. The molecule has 0 aliphatic carbocycles. The molecule has 0 heterocycles. The molecule has 0 atom stereocenters. The van der Waals surface area contributed by atoms with Crippen LogP contribution < -0.4 is 0 Å². The normalized spacial score (nSPS) is 10.3. The van der Waals surface area contributed by atoms with Crippen LogP contribution in [0.4, 0.5) is 0 Å². The molecule has 0 fully saturated rings. The summed E-state index contributed by atoms with van der Waals surface area (Å²) >= 11 is 0. The predicted octanol–water partition coefficient (Wildman–Crippen LogP) is 4.32. The molecule has 0 radical (unpaired) electrons. The van der Waals surface area contributed by atoms with E-state index in [2.05, 4.69) is 13.8 Å². The average molecular weight is 255 g/mol. The highest BCUT2D eigenvalue weighted by Gasteiger charge is 1.98. The Kier molecular flexibility index (Phi) is 17.2. The molecule has 0 N–H and O–H groups in total. The van der Waals surface area contributed by atoms with Gasteiger partial charge in [-0.15, -0.1) is 12.4 Å². The topological polar surface area (TPSA) is 17.1 Å². The molecular formula is C12H27ClOS. The molecule has 0 rings (SSSR count). The van der Waals surface area contributed by atoms with Gasteiger partial charge in [0.15, 0.2) is 0 Å². The average Bonchev–Trinajstić information content (AvgIpc) is 2.19. The second-order valence-corrected chi connectivity index (χ2v) is 5.67. The van der Waals surface area contributed by atoms with E-state index in [-0.39, 0.29) is 12.4 Å². The Morgan fingerprint density at radius 1 is 0.733 bits per heavy atom. The minimum atomic E-state index is -0.527. The van der Waals surface area contributed by atoms with E-state index in [1.807, 2.05) is 0 Å². The first-order chi connectivity index (χ1) is 6.81. The lowest BCUT2D eigenvalue weighted by Gasteiger charge is -2.01. The molecule has 0 aliphatic heterocycles. The van der Waals surface area contributed by atoms with Gasteiger partial charge in [-0.05, 0) is 12.8 Å². The molecule has 0 unspecified atom stereocenters. The highest BCUT2D eigenvalue weighted by molar-refractivity contribution is 7.84. The first-order valence-corrected chi connectivity index (χ1v) is 7.65. The molecule has 15 heavy (non-hydrogen) atoms. The summed E-state index contributed by atoms with van der Waals surface area (Å²) in [5.41, 5.74) is 0. The van der Waals surface area contributed by atoms with Crippen molar-refractivity contribution in [1.82, 2.24) is 0 Å². The summed E-state index contributed by atoms with van der Waals surface area (Å²) in [6.07, 6.45) is 9.98. The zero-order valence-electron chi connectivity index (χ0n) is 10.3. The van der Waals surface area contributed by atoms with E-state index in [0.717, 1.165) is 24.3 Å². The van der Waals surface area contributed by atoms with Crippen molar-refractivity contribution in [2.45, 2.75) is 65.2 Å². The standard InChI is InChI=1S/C12H26OS.ClH/c1-3-5-7-9-11-14(13)12-10-8-6-4-2;/h3-12H2,1-2H3;1H. The number of unbranched alkanes of at least 4 members (excludes halogenated alkanes) is 6. The van der Waals surface area contributed by atoms with Crippen molar-refractivity contribution in [3.05, 3.63) is 0 Å². The van der Waals surface area contributed by atoms with E-state index in [4.69, 9.17) is 0 Å². The molecule has 0 aromatic carbocycles. The van der Waals surface area contributed by atoms with Gasteiger partial charge >= 0.3 is 0 Å². The van der Waals surface area contributed by atoms with Crippen molar-refractivity contribution in [2.75, 3.05) is 11.5 Å². The summed E-state index contributed by atoms with van der Waals surface area (Å²) in [5, 5.41) is 0. The van der Waals surface area contributed by atoms with Gasteiger partial charge in [0.05, 0.1) is 0 Å². The first-order valence-electron chi connectivity index (χ1n) is 6.16. The van der Waals surface area contributed by atoms with E-state index in [1.54, 1.807) is 0 Å². The zero-order valence-corrected chi connectivity index (χ0v) is 11.9. The van der Waals surface area contributed by atoms with Gasteiger partial charge < -0.3 is 0 Å². The molecule has 3 heteroatoms. The Hall–Kier alpha value is 0.440. The molecule has 94 valence electrons. The molecular weight excluding hydrogens is 228 g/mol. The molecule has 0 aliphatic rings. The van der Waals surface area contributed by atoms with Gasteiger partial charge in [0.1, 0.15) is 0 Å². The summed E-state index contributed by atoms with van der Waals surface area (Å²) in [6, 6.07) is 0. The number of halogens is 1. The minimum Gasteiger partial charge on any atom is -0.260 e. The van der Waals surface area contributed by atoms with Crippen molar-refractivity contribution in [1.29, 1.82) is 0 Å². The van der Waals surface area contributed by atoms with Gasteiger partial charge in [0.2, 0.25) is 0 Å². The molecule has 0 bridgehead atoms. The lowest BCUT2D eigenvalue weighted by Crippen LogP contribution is -2.02. The maximum Gasteiger partial charge on any atom is 0.0234 e. The number of hydrogen-bond donors (Lipinski definition) is 0. The molecule has 0 spiro atoms. The fourth-order valence-electron chi connectivity index (χ4n) is 1.48. The largest absolute Gasteiger partial charge is 0.260 e. The fourth-order valence-corrected chi connectivity index (χ4v) is 2.74. The van der Waals surface area contributed by atoms with E-state index < -0.39 is 10.8 Å². The molecule has 0 amide bonds. The van der Waals surface area contributed by atoms with E-state index in [1.165, 1.54) is 38.5 Å². The van der Waals surface area contributed by atoms with Crippen molar-refractivity contribution >= 4 is 23.2 Å². The van der Waals surface area contributed by atoms with Gasteiger partial charge in [-0.25, -0.2) is 0 Å². The number of rotatable bonds is 10. The molecule has 0 saturated carbocycles. The second-order valence-electron chi connectivity index (χ2n) is 3.97. The second kappa shape index (κ2) is 14.4. The SMILES string of the molecule is CCCCCCS(=O)CCCCCC.Cl. The van der Waals surface area contributed by atoms with Crippen LogP contribution in [0.2, 0.25) is 0 Å². The van der Waals surface area contributed by atoms with Crippen molar-refractivity contribution in [2.24, 2.45) is 0 Å². The maximum absolute atomic E-state index is 11.5. The van der Waals surface area contributed by atoms with Crippen LogP contribution in [-0.2, 0) is 10.8 Å². The fraction of sp³-hybridized carbons (Fsp3) is 1.00. The summed E-state index contributed by atoms with van der Waals surface area (Å²) in [5.74, 6) is 1.87. The third-order valence-electron chi connectivity index (χ3n) is 2.45. The smallest absolute Gasteiger partial charge is 0.0234 e. The summed E-state index contributed by atoms with van der Waals surface area (Å²) in [6.45, 7) is 4.42. The molecule has 1 nitrogen and oxygen atoms in total. The Bertz CT molecular complexity index is 126. The van der Waals surface area contributed by atoms with Gasteiger partial charge in [-0.2, -0.15) is 0 Å². The van der Waals surface area contributed by atoms with Crippen LogP contribution in [0.15, 0.2) is 0 Å². The monoisotopic (exact) mass is 254 g/mol. The van der Waals surface area contributed by atoms with Crippen LogP contribution in [0, 0.1) is 0 Å². The van der Waals surface area contributed by atoms with E-state index >= 15 is 0 Å². The summed E-state index contributed by atoms with van der Waals surface area (Å²) < 4.78 is 11.5. The van der Waals surface area contributed by atoms with Crippen LogP contribution >= 0.6 is 12.4 Å². The highest BCUT2D eigenvalue weighted by atomic mass is 35.5. The Morgan fingerprint density at radius 2 is 1.13 bits per heavy atom. The highest BCUT2D eigenvalue weighted by Crippen LogP contribution is 2.04. The van der Waals surface area contributed by atoms with Crippen molar-refractivity contribution in [3.63, 3.8) is 0 Å². The third kappa shape index (κ3) is 14.4. The van der Waals surface area contributed by atoms with Crippen LogP contribution in [0.25, 0.3) is 0 Å². The molecule has 0 aromatic heterocycles. The Balaban J connectivity index is 0. The van der Waals surface area contributed by atoms with Crippen LogP contribution in [0.1, 0.15) is 65.2 Å². The van der Waals surface area contributed by atoms with Crippen molar-refractivity contribution in [3.8, 4) is 0 Å². The van der Waals surface area contributed by atoms with Gasteiger partial charge in [0, 0.05) is 22.3 Å². The van der Waals surface area contributed by atoms with Gasteiger partial charge in [0.25, 0.3) is 0 Å². The summed E-state index contributed by atoms with van der Waals surface area (Å²) in [7, 11) is -0.527. The Morgan fingerprint density at radius 3 is 1.47 bits per heavy atom. The maximum atomic E-state index is 11.5. The lowest BCUT2D eigenvalue weighted by atomic mass is 10.2. The quantitative estimate of drug-likeness (QED) is 0.531. The third-order valence-corrected chi connectivity index (χ3v) is 3.94. The number of hydrogen-bond acceptors (Lipinski definition) is 1. The lowest BCUT2D eigenvalue weighted by molar-refractivity contribution is 0.657. The van der Waals surface area contributed by atoms with Crippen LogP contribution in [0.5, 0.6) is 0 Å². The zero-order chi connectivity index (χ0) is 10.6. The van der Waals surface area contributed by atoms with Gasteiger partial charge in [-0.3, -0.25) is 4.21 Å². The Labute approximate surface area is 104 Å². The van der Waals surface area contributed by atoms with Crippen LogP contribution in [0.3, 0.4) is 0 Å². The first kappa shape index (κ1) is 17.8. The van der Waals surface area contributed by atoms with Crippen molar-refractivity contribution < 1.29 is 4.21 Å². The van der Waals surface area contributed by atoms with E-state index in [0.29, 0.717) is 0 Å².